The third kappa shape index (κ3) is 1.19. The Balaban J connectivity index is 1.92. The topological polar surface area (TPSA) is 52.3 Å². The zero-order chi connectivity index (χ0) is 10.6. The van der Waals surface area contributed by atoms with Crippen LogP contribution in [0.2, 0.25) is 0 Å². The second-order valence-electron chi connectivity index (χ2n) is 5.82. The molecule has 4 bridgehead atoms. The van der Waals surface area contributed by atoms with E-state index in [-0.39, 0.29) is 11.4 Å². The molecule has 4 saturated carbocycles. The fraction of sp³-hybridized carbons (Fsp3) is 0.917. The van der Waals surface area contributed by atoms with E-state index in [1.807, 2.05) is 0 Å². The predicted molar refractivity (Wildman–Crippen MR) is 56.0 cm³/mol. The van der Waals surface area contributed by atoms with Gasteiger partial charge in [0, 0.05) is 6.04 Å². The third-order valence-electron chi connectivity index (χ3n) is 4.96. The molecule has 3 unspecified atom stereocenters. The summed E-state index contributed by atoms with van der Waals surface area (Å²) >= 11 is 0. The van der Waals surface area contributed by atoms with Crippen molar-refractivity contribution in [3.05, 3.63) is 0 Å². The van der Waals surface area contributed by atoms with Gasteiger partial charge in [-0.2, -0.15) is 0 Å². The van der Waals surface area contributed by atoms with E-state index < -0.39 is 0 Å². The van der Waals surface area contributed by atoms with E-state index in [4.69, 9.17) is 10.5 Å². The summed E-state index contributed by atoms with van der Waals surface area (Å²) in [6, 6.07) is 0.347. The lowest BCUT2D eigenvalue weighted by Gasteiger charge is -2.57. The molecule has 0 amide bonds. The average Bonchev–Trinajstić information content (AvgIpc) is 2.23. The molecular weight excluding hydrogens is 190 g/mol. The lowest BCUT2D eigenvalue weighted by molar-refractivity contribution is -0.169. The van der Waals surface area contributed by atoms with Crippen LogP contribution in [0.4, 0.5) is 0 Å². The standard InChI is InChI=1S/C12H19NO2/c1-15-11(14)12-4-7-2-8(5-12)10(13)9(3-7)6-12/h7-10H,2-6,13H2,1H3/t7-,8+,9?,10?,12?/m0/s1. The van der Waals surface area contributed by atoms with Gasteiger partial charge in [0.2, 0.25) is 0 Å². The fourth-order valence-corrected chi connectivity index (χ4v) is 4.53. The van der Waals surface area contributed by atoms with Crippen molar-refractivity contribution in [1.29, 1.82) is 0 Å². The molecule has 0 aromatic rings. The van der Waals surface area contributed by atoms with E-state index in [0.29, 0.717) is 17.9 Å². The Morgan fingerprint density at radius 1 is 1.27 bits per heavy atom. The average molecular weight is 209 g/mol. The maximum Gasteiger partial charge on any atom is 0.311 e. The molecule has 0 heterocycles. The molecule has 2 N–H and O–H groups in total. The molecule has 0 aromatic heterocycles. The number of carbonyl (C=O) groups is 1. The maximum absolute atomic E-state index is 11.9. The van der Waals surface area contributed by atoms with E-state index in [2.05, 4.69) is 0 Å². The Morgan fingerprint density at radius 3 is 2.40 bits per heavy atom. The highest BCUT2D eigenvalue weighted by Crippen LogP contribution is 2.59. The van der Waals surface area contributed by atoms with Gasteiger partial charge in [-0.3, -0.25) is 4.79 Å². The maximum atomic E-state index is 11.9. The highest BCUT2D eigenvalue weighted by atomic mass is 16.5. The monoisotopic (exact) mass is 209 g/mol. The van der Waals surface area contributed by atoms with Gasteiger partial charge in [-0.25, -0.2) is 0 Å². The summed E-state index contributed by atoms with van der Waals surface area (Å²) in [6.07, 6.45) is 5.51. The quantitative estimate of drug-likeness (QED) is 0.662. The largest absolute Gasteiger partial charge is 0.469 e. The Labute approximate surface area is 90.4 Å². The van der Waals surface area contributed by atoms with Gasteiger partial charge in [-0.15, -0.1) is 0 Å². The van der Waals surface area contributed by atoms with Crippen LogP contribution >= 0.6 is 0 Å². The van der Waals surface area contributed by atoms with Crippen LogP contribution in [0.5, 0.6) is 0 Å². The molecule has 0 spiro atoms. The first-order valence-corrected chi connectivity index (χ1v) is 5.98. The van der Waals surface area contributed by atoms with Gasteiger partial charge >= 0.3 is 5.97 Å². The molecule has 3 heteroatoms. The molecule has 4 aliphatic carbocycles. The van der Waals surface area contributed by atoms with E-state index in [9.17, 15) is 4.79 Å². The Morgan fingerprint density at radius 2 is 1.87 bits per heavy atom. The molecule has 0 saturated heterocycles. The minimum absolute atomic E-state index is 0.0220. The molecule has 15 heavy (non-hydrogen) atoms. The predicted octanol–water partition coefficient (Wildman–Crippen LogP) is 1.31. The number of hydrogen-bond acceptors (Lipinski definition) is 3. The van der Waals surface area contributed by atoms with Gasteiger partial charge in [0.25, 0.3) is 0 Å². The van der Waals surface area contributed by atoms with Crippen LogP contribution in [0, 0.1) is 23.2 Å². The lowest BCUT2D eigenvalue weighted by atomic mass is 9.48. The summed E-state index contributed by atoms with van der Waals surface area (Å²) in [6.45, 7) is 0. The van der Waals surface area contributed by atoms with Crippen LogP contribution in [0.25, 0.3) is 0 Å². The van der Waals surface area contributed by atoms with Crippen molar-refractivity contribution in [2.24, 2.45) is 28.9 Å². The molecule has 3 nitrogen and oxygen atoms in total. The Kier molecular flexibility index (Phi) is 1.91. The zero-order valence-corrected chi connectivity index (χ0v) is 9.24. The van der Waals surface area contributed by atoms with Crippen molar-refractivity contribution in [3.8, 4) is 0 Å². The summed E-state index contributed by atoms with van der Waals surface area (Å²) < 4.78 is 4.99. The summed E-state index contributed by atoms with van der Waals surface area (Å²) in [4.78, 5) is 11.9. The fourth-order valence-electron chi connectivity index (χ4n) is 4.53. The van der Waals surface area contributed by atoms with Gasteiger partial charge < -0.3 is 10.5 Å². The van der Waals surface area contributed by atoms with Gasteiger partial charge in [0.15, 0.2) is 0 Å². The first-order chi connectivity index (χ1) is 7.14. The summed E-state index contributed by atoms with van der Waals surface area (Å²) in [5, 5.41) is 0. The number of methoxy groups -OCH3 is 1. The molecule has 4 rings (SSSR count). The first-order valence-electron chi connectivity index (χ1n) is 5.98. The van der Waals surface area contributed by atoms with Crippen molar-refractivity contribution in [3.63, 3.8) is 0 Å². The summed E-state index contributed by atoms with van der Waals surface area (Å²) in [5.41, 5.74) is 6.06. The lowest BCUT2D eigenvalue weighted by Crippen LogP contribution is -2.59. The first kappa shape index (κ1) is 9.64. The third-order valence-corrected chi connectivity index (χ3v) is 4.96. The smallest absolute Gasteiger partial charge is 0.311 e. The second-order valence-corrected chi connectivity index (χ2v) is 5.82. The normalized spacial score (nSPS) is 51.9. The minimum atomic E-state index is -0.152. The second kappa shape index (κ2) is 2.97. The zero-order valence-electron chi connectivity index (χ0n) is 9.24. The Hall–Kier alpha value is -0.570. The van der Waals surface area contributed by atoms with Crippen molar-refractivity contribution in [1.82, 2.24) is 0 Å². The van der Waals surface area contributed by atoms with Gasteiger partial charge in [0.1, 0.15) is 0 Å². The van der Waals surface area contributed by atoms with Crippen molar-refractivity contribution in [2.75, 3.05) is 7.11 Å². The molecular formula is C12H19NO2. The van der Waals surface area contributed by atoms with Crippen LogP contribution in [0.1, 0.15) is 32.1 Å². The highest BCUT2D eigenvalue weighted by Gasteiger charge is 2.58. The molecule has 4 fully saturated rings. The summed E-state index contributed by atoms with van der Waals surface area (Å²) in [5.74, 6) is 1.92. The molecule has 0 aromatic carbocycles. The highest BCUT2D eigenvalue weighted by molar-refractivity contribution is 5.77. The van der Waals surface area contributed by atoms with Crippen molar-refractivity contribution in [2.45, 2.75) is 38.1 Å². The van der Waals surface area contributed by atoms with Gasteiger partial charge in [0.05, 0.1) is 12.5 Å². The van der Waals surface area contributed by atoms with Crippen LogP contribution in [0.15, 0.2) is 0 Å². The van der Waals surface area contributed by atoms with Crippen LogP contribution in [0.3, 0.4) is 0 Å². The summed E-state index contributed by atoms with van der Waals surface area (Å²) in [7, 11) is 1.51. The van der Waals surface area contributed by atoms with E-state index >= 15 is 0 Å². The number of nitrogens with two attached hydrogens (primary N) is 1. The number of hydrogen-bond donors (Lipinski definition) is 1. The number of esters is 1. The number of rotatable bonds is 1. The van der Waals surface area contributed by atoms with Gasteiger partial charge in [-0.1, -0.05) is 0 Å². The van der Waals surface area contributed by atoms with E-state index in [0.717, 1.165) is 25.2 Å². The number of ether oxygens (including phenoxy) is 1. The molecule has 0 radical (unpaired) electrons. The van der Waals surface area contributed by atoms with E-state index in [1.54, 1.807) is 0 Å². The van der Waals surface area contributed by atoms with Crippen LogP contribution in [-0.2, 0) is 9.53 Å². The Bertz CT molecular complexity index is 286. The van der Waals surface area contributed by atoms with Crippen LogP contribution < -0.4 is 5.73 Å². The van der Waals surface area contributed by atoms with Crippen molar-refractivity contribution >= 4 is 5.97 Å². The minimum Gasteiger partial charge on any atom is -0.469 e. The molecule has 5 atom stereocenters. The number of carbonyl (C=O) groups excluding carboxylic acids is 1. The SMILES string of the molecule is COC(=O)C12CC3C[C@H](C[C@H](C1)C3N)C2. The van der Waals surface area contributed by atoms with Crippen molar-refractivity contribution < 1.29 is 9.53 Å². The van der Waals surface area contributed by atoms with Crippen LogP contribution in [-0.4, -0.2) is 19.1 Å². The van der Waals surface area contributed by atoms with Gasteiger partial charge in [-0.05, 0) is 49.9 Å². The van der Waals surface area contributed by atoms with E-state index in [1.165, 1.54) is 20.0 Å². The molecule has 84 valence electrons. The molecule has 0 aliphatic heterocycles. The molecule has 4 aliphatic rings.